The third kappa shape index (κ3) is 38.3. The van der Waals surface area contributed by atoms with Crippen LogP contribution in [0.15, 0.2) is 0 Å². The highest BCUT2D eigenvalue weighted by Gasteiger charge is 2.42. The van der Waals surface area contributed by atoms with Crippen LogP contribution in [0.5, 0.6) is 0 Å². The minimum absolute atomic E-state index is 0.00229. The highest BCUT2D eigenvalue weighted by atomic mass is 16.6. The predicted octanol–water partition coefficient (Wildman–Crippen LogP) is 14.3. The molecule has 2 unspecified atom stereocenters. The smallest absolute Gasteiger partial charge is 0.407 e. The van der Waals surface area contributed by atoms with Gasteiger partial charge in [-0.25, -0.2) is 9.59 Å². The Labute approximate surface area is 410 Å². The summed E-state index contributed by atoms with van der Waals surface area (Å²) in [5.41, 5.74) is -0.200. The SMILES string of the molecule is CCCCCCCCCCCCCCCC[N+](C)(C)CCO[CH-]COC(=O)NCC1(C)CC(NC(=O)OCCOCC[N+](C)(C)CCCCCCCCCCCCCCCC)CC(C)(C)C1. The Morgan fingerprint density at radius 1 is 0.515 bits per heavy atom. The molecular formula is C56H113N4O6+. The summed E-state index contributed by atoms with van der Waals surface area (Å²) in [7, 11) is 9.10. The van der Waals surface area contributed by atoms with Gasteiger partial charge in [-0.1, -0.05) is 189 Å². The number of hydrogen-bond acceptors (Lipinski definition) is 6. The van der Waals surface area contributed by atoms with Gasteiger partial charge in [0.05, 0.1) is 67.6 Å². The lowest BCUT2D eigenvalue weighted by atomic mass is 9.62. The number of amides is 2. The third-order valence-electron chi connectivity index (χ3n) is 14.2. The average Bonchev–Trinajstić information content (AvgIpc) is 3.24. The number of quaternary nitrogens is 2. The average molecular weight is 939 g/mol. The molecule has 0 aromatic carbocycles. The molecule has 0 aromatic heterocycles. The predicted molar refractivity (Wildman–Crippen MR) is 279 cm³/mol. The Bertz CT molecular complexity index is 1150. The van der Waals surface area contributed by atoms with Crippen LogP contribution in [0.4, 0.5) is 9.59 Å². The Morgan fingerprint density at radius 3 is 1.39 bits per heavy atom. The topological polar surface area (TPSA) is 95.1 Å². The maximum atomic E-state index is 12.8. The van der Waals surface area contributed by atoms with E-state index in [-0.39, 0.29) is 30.1 Å². The van der Waals surface area contributed by atoms with Crippen molar-refractivity contribution in [1.29, 1.82) is 0 Å². The Hall–Kier alpha value is -1.62. The van der Waals surface area contributed by atoms with E-state index >= 15 is 0 Å². The van der Waals surface area contributed by atoms with Crippen molar-refractivity contribution in [2.45, 2.75) is 240 Å². The van der Waals surface area contributed by atoms with Crippen LogP contribution in [0.1, 0.15) is 234 Å². The van der Waals surface area contributed by atoms with Gasteiger partial charge in [-0.3, -0.25) is 0 Å². The van der Waals surface area contributed by atoms with E-state index in [9.17, 15) is 9.59 Å². The second-order valence-electron chi connectivity index (χ2n) is 23.1. The van der Waals surface area contributed by atoms with Gasteiger partial charge in [-0.05, 0) is 62.4 Å². The van der Waals surface area contributed by atoms with Gasteiger partial charge in [0.15, 0.2) is 0 Å². The van der Waals surface area contributed by atoms with E-state index in [0.717, 1.165) is 47.9 Å². The zero-order chi connectivity index (χ0) is 48.7. The first kappa shape index (κ1) is 62.4. The van der Waals surface area contributed by atoms with E-state index in [1.165, 1.54) is 186 Å². The van der Waals surface area contributed by atoms with Crippen LogP contribution in [-0.4, -0.2) is 121 Å². The maximum absolute atomic E-state index is 12.8. The van der Waals surface area contributed by atoms with Gasteiger partial charge in [-0.2, -0.15) is 6.61 Å². The Balaban J connectivity index is 2.11. The number of ether oxygens (including phenoxy) is 4. The molecule has 0 aliphatic heterocycles. The van der Waals surface area contributed by atoms with Gasteiger partial charge in [0.25, 0.3) is 0 Å². The molecule has 1 fully saturated rings. The van der Waals surface area contributed by atoms with E-state index in [4.69, 9.17) is 18.9 Å². The van der Waals surface area contributed by atoms with E-state index in [1.54, 1.807) is 6.61 Å². The van der Waals surface area contributed by atoms with Crippen LogP contribution in [-0.2, 0) is 18.9 Å². The van der Waals surface area contributed by atoms with Gasteiger partial charge >= 0.3 is 12.2 Å². The van der Waals surface area contributed by atoms with Crippen molar-refractivity contribution in [2.24, 2.45) is 10.8 Å². The first-order valence-electron chi connectivity index (χ1n) is 28.1. The summed E-state index contributed by atoms with van der Waals surface area (Å²) in [6, 6.07) is -0.0447. The van der Waals surface area contributed by atoms with E-state index in [0.29, 0.717) is 26.4 Å². The molecule has 0 saturated heterocycles. The van der Waals surface area contributed by atoms with Crippen LogP contribution < -0.4 is 10.6 Å². The summed E-state index contributed by atoms with van der Waals surface area (Å²) in [5.74, 6) is 0. The van der Waals surface area contributed by atoms with Crippen LogP contribution in [0.25, 0.3) is 0 Å². The standard InChI is InChI=1S/C56H112N4O6/c1-10-12-14-16-18-20-22-24-26-28-30-32-34-36-38-59(6,7)40-42-63-44-46-65-53(61)57-51-56(5)49-52(48-55(3,4)50-56)58-54(62)66-47-45-64-43-41-60(8,9)39-37-35-33-31-29-27-25-23-21-19-17-15-13-11-2/h44,52H,10-43,45-51H2,1-9H3,(H-,57,58,61,62)/p+1. The Kier molecular flexibility index (Phi) is 37.0. The summed E-state index contributed by atoms with van der Waals surface area (Å²) >= 11 is 0. The zero-order valence-corrected chi connectivity index (χ0v) is 45.5. The third-order valence-corrected chi connectivity index (χ3v) is 14.2. The molecule has 0 bridgehead atoms. The van der Waals surface area contributed by atoms with Crippen molar-refractivity contribution < 1.29 is 37.5 Å². The van der Waals surface area contributed by atoms with Gasteiger partial charge in [0.1, 0.15) is 13.2 Å². The largest absolute Gasteiger partial charge is 0.545 e. The fourth-order valence-corrected chi connectivity index (χ4v) is 10.3. The number of alkyl carbamates (subject to hydrolysis) is 2. The maximum Gasteiger partial charge on any atom is 0.407 e. The minimum Gasteiger partial charge on any atom is -0.545 e. The molecule has 0 spiro atoms. The molecule has 10 heteroatoms. The number of carbonyl (C=O) groups is 2. The quantitative estimate of drug-likeness (QED) is 0.0359. The van der Waals surface area contributed by atoms with Crippen molar-refractivity contribution in [3.05, 3.63) is 6.61 Å². The van der Waals surface area contributed by atoms with Crippen molar-refractivity contribution in [3.8, 4) is 0 Å². The van der Waals surface area contributed by atoms with Gasteiger partial charge in [0, 0.05) is 12.6 Å². The van der Waals surface area contributed by atoms with Gasteiger partial charge in [0.2, 0.25) is 0 Å². The molecule has 1 aliphatic carbocycles. The minimum atomic E-state index is -0.450. The highest BCUT2D eigenvalue weighted by molar-refractivity contribution is 5.68. The second-order valence-corrected chi connectivity index (χ2v) is 23.1. The number of nitrogens with zero attached hydrogens (tertiary/aromatic N) is 2. The highest BCUT2D eigenvalue weighted by Crippen LogP contribution is 2.45. The molecule has 1 rings (SSSR count). The van der Waals surface area contributed by atoms with E-state index in [2.05, 4.69) is 73.4 Å². The van der Waals surface area contributed by atoms with Crippen molar-refractivity contribution in [1.82, 2.24) is 10.6 Å². The molecule has 2 amide bonds. The summed E-state index contributed by atoms with van der Waals surface area (Å²) in [4.78, 5) is 25.4. The van der Waals surface area contributed by atoms with Crippen molar-refractivity contribution in [2.75, 3.05) is 93.9 Å². The molecule has 2 N–H and O–H groups in total. The van der Waals surface area contributed by atoms with E-state index in [1.807, 2.05) is 0 Å². The molecule has 0 heterocycles. The van der Waals surface area contributed by atoms with Crippen LogP contribution in [0.3, 0.4) is 0 Å². The number of hydrogen-bond donors (Lipinski definition) is 2. The lowest BCUT2D eigenvalue weighted by Crippen LogP contribution is -2.50. The number of nitrogens with one attached hydrogen (secondary N) is 2. The van der Waals surface area contributed by atoms with Gasteiger partial charge < -0.3 is 38.5 Å². The Morgan fingerprint density at radius 2 is 0.939 bits per heavy atom. The molecular weight excluding hydrogens is 825 g/mol. The number of unbranched alkanes of at least 4 members (excludes halogenated alkanes) is 26. The molecule has 66 heavy (non-hydrogen) atoms. The molecule has 2 atom stereocenters. The number of carbonyl (C=O) groups excluding carboxylic acids is 2. The second kappa shape index (κ2) is 39.1. The number of likely N-dealkylation sites (N-methyl/N-ethyl adjacent to an activating group) is 2. The van der Waals surface area contributed by atoms with Crippen molar-refractivity contribution in [3.63, 3.8) is 0 Å². The molecule has 0 aromatic rings. The molecule has 0 radical (unpaired) electrons. The fourth-order valence-electron chi connectivity index (χ4n) is 10.3. The van der Waals surface area contributed by atoms with Crippen LogP contribution >= 0.6 is 0 Å². The monoisotopic (exact) mass is 938 g/mol. The summed E-state index contributed by atoms with van der Waals surface area (Å²) in [6.07, 6.45) is 40.4. The molecule has 10 nitrogen and oxygen atoms in total. The molecule has 392 valence electrons. The normalized spacial score (nSPS) is 17.5. The lowest BCUT2D eigenvalue weighted by Gasteiger charge is -2.46. The van der Waals surface area contributed by atoms with E-state index < -0.39 is 12.2 Å². The lowest BCUT2D eigenvalue weighted by molar-refractivity contribution is -0.891. The number of rotatable bonds is 45. The van der Waals surface area contributed by atoms with Gasteiger partial charge in [-0.15, -0.1) is 0 Å². The first-order valence-corrected chi connectivity index (χ1v) is 28.1. The molecule has 1 saturated carbocycles. The summed E-state index contributed by atoms with van der Waals surface area (Å²) in [6.45, 7) is 19.4. The molecule has 1 aliphatic rings. The van der Waals surface area contributed by atoms with Crippen molar-refractivity contribution >= 4 is 12.2 Å². The van der Waals surface area contributed by atoms with Crippen LogP contribution in [0, 0.1) is 17.4 Å². The first-order chi connectivity index (χ1) is 31.6. The van der Waals surface area contributed by atoms with Crippen LogP contribution in [0.2, 0.25) is 0 Å². The summed E-state index contributed by atoms with van der Waals surface area (Å²) in [5, 5.41) is 6.08. The summed E-state index contributed by atoms with van der Waals surface area (Å²) < 4.78 is 24.4. The zero-order valence-electron chi connectivity index (χ0n) is 45.5. The fraction of sp³-hybridized carbons (Fsp3) is 0.946.